The summed E-state index contributed by atoms with van der Waals surface area (Å²) in [6.07, 6.45) is 5.33. The number of nitrogens with zero attached hydrogens (tertiary/aromatic N) is 5. The van der Waals surface area contributed by atoms with Gasteiger partial charge in [0.2, 0.25) is 5.95 Å². The summed E-state index contributed by atoms with van der Waals surface area (Å²) in [5.74, 6) is 2.74. The Labute approximate surface area is 327 Å². The van der Waals surface area contributed by atoms with E-state index in [0.29, 0.717) is 17.6 Å². The maximum absolute atomic E-state index is 6.81. The molecule has 1 unspecified atom stereocenters. The van der Waals surface area contributed by atoms with Crippen molar-refractivity contribution in [3.8, 4) is 39.9 Å². The Morgan fingerprint density at radius 3 is 1.61 bits per heavy atom. The third kappa shape index (κ3) is 4.94. The van der Waals surface area contributed by atoms with Crippen molar-refractivity contribution in [2.75, 3.05) is 0 Å². The minimum absolute atomic E-state index is 0.00944. The second-order valence-electron chi connectivity index (χ2n) is 14.7. The van der Waals surface area contributed by atoms with E-state index in [1.807, 2.05) is 6.07 Å². The predicted molar refractivity (Wildman–Crippen MR) is 231 cm³/mol. The van der Waals surface area contributed by atoms with Crippen molar-refractivity contribution in [2.45, 2.75) is 12.5 Å². The topological polar surface area (TPSA) is 61.7 Å². The molecule has 1 aliphatic carbocycles. The van der Waals surface area contributed by atoms with E-state index in [4.69, 9.17) is 19.4 Å². The molecule has 0 fully saturated rings. The van der Waals surface area contributed by atoms with E-state index in [-0.39, 0.29) is 6.04 Å². The quantitative estimate of drug-likeness (QED) is 0.177. The Balaban J connectivity index is 1.04. The Bertz CT molecular complexity index is 3280. The van der Waals surface area contributed by atoms with Crippen molar-refractivity contribution >= 4 is 60.7 Å². The number of aromatic nitrogens is 5. The van der Waals surface area contributed by atoms with Crippen molar-refractivity contribution < 1.29 is 4.42 Å². The number of fused-ring (bicyclic) bond motifs is 9. The first-order valence-electron chi connectivity index (χ1n) is 19.4. The molecular formula is C51H33N5O. The molecule has 268 valence electrons. The van der Waals surface area contributed by atoms with Crippen molar-refractivity contribution in [3.05, 3.63) is 187 Å². The molecule has 6 heteroatoms. The summed E-state index contributed by atoms with van der Waals surface area (Å²) < 4.78 is 11.4. The lowest BCUT2D eigenvalue weighted by Gasteiger charge is -2.21. The minimum atomic E-state index is 0.00944. The molecule has 0 radical (unpaired) electrons. The number of para-hydroxylation sites is 4. The molecule has 0 amide bonds. The highest BCUT2D eigenvalue weighted by molar-refractivity contribution is 6.09. The fourth-order valence-corrected chi connectivity index (χ4v) is 8.93. The molecule has 0 aliphatic heterocycles. The molecule has 7 aromatic carbocycles. The molecule has 0 spiro atoms. The van der Waals surface area contributed by atoms with Crippen LogP contribution in [-0.4, -0.2) is 24.1 Å². The molecule has 1 aliphatic rings. The molecule has 0 saturated carbocycles. The van der Waals surface area contributed by atoms with Crippen molar-refractivity contribution in [3.63, 3.8) is 0 Å². The van der Waals surface area contributed by atoms with Gasteiger partial charge in [-0.15, -0.1) is 0 Å². The van der Waals surface area contributed by atoms with Crippen LogP contribution in [0.3, 0.4) is 0 Å². The summed E-state index contributed by atoms with van der Waals surface area (Å²) in [5.41, 5.74) is 10.5. The number of hydrogen-bond donors (Lipinski definition) is 0. The standard InChI is InChI=1S/C51H33N5O/c1-2-13-32(14-3-1)33-25-27-34(28-26-33)49-52-50(54-51(53-49)56-44-22-10-6-17-38(44)39-18-7-11-23-45(39)56)35-29-30-47-41(31-35)40-19-12-24-46(48(40)57-47)55-42-20-8-4-15-36(42)37-16-5-9-21-43(37)55/h1-23,25-31,46H,24H2. The highest BCUT2D eigenvalue weighted by Crippen LogP contribution is 2.43. The largest absolute Gasteiger partial charge is 0.458 e. The molecule has 6 nitrogen and oxygen atoms in total. The molecule has 57 heavy (non-hydrogen) atoms. The Morgan fingerprint density at radius 1 is 0.456 bits per heavy atom. The molecule has 12 rings (SSSR count). The van der Waals surface area contributed by atoms with Gasteiger partial charge in [0.25, 0.3) is 0 Å². The molecule has 0 bridgehead atoms. The molecule has 0 saturated heterocycles. The average Bonchev–Trinajstić information content (AvgIpc) is 3.94. The average molecular weight is 732 g/mol. The van der Waals surface area contributed by atoms with Gasteiger partial charge < -0.3 is 8.98 Å². The Hall–Kier alpha value is -7.57. The van der Waals surface area contributed by atoms with Gasteiger partial charge >= 0.3 is 0 Å². The van der Waals surface area contributed by atoms with Gasteiger partial charge in [0.1, 0.15) is 11.3 Å². The van der Waals surface area contributed by atoms with Crippen LogP contribution in [-0.2, 0) is 0 Å². The van der Waals surface area contributed by atoms with Crippen LogP contribution in [0.2, 0.25) is 0 Å². The van der Waals surface area contributed by atoms with Gasteiger partial charge in [-0.3, -0.25) is 4.57 Å². The van der Waals surface area contributed by atoms with E-state index in [1.165, 1.54) is 21.8 Å². The summed E-state index contributed by atoms with van der Waals surface area (Å²) in [4.78, 5) is 15.6. The number of hydrogen-bond acceptors (Lipinski definition) is 4. The highest BCUT2D eigenvalue weighted by Gasteiger charge is 2.28. The number of furan rings is 1. The summed E-state index contributed by atoms with van der Waals surface area (Å²) in [6, 6.07) is 59.5. The maximum Gasteiger partial charge on any atom is 0.238 e. The molecule has 4 aromatic heterocycles. The van der Waals surface area contributed by atoms with Crippen LogP contribution in [0.15, 0.2) is 180 Å². The molecule has 1 atom stereocenters. The van der Waals surface area contributed by atoms with Gasteiger partial charge in [-0.2, -0.15) is 9.97 Å². The van der Waals surface area contributed by atoms with Crippen LogP contribution in [0.1, 0.15) is 23.8 Å². The van der Waals surface area contributed by atoms with Gasteiger partial charge in [-0.25, -0.2) is 4.98 Å². The predicted octanol–water partition coefficient (Wildman–Crippen LogP) is 12.8. The summed E-state index contributed by atoms with van der Waals surface area (Å²) in [7, 11) is 0. The van der Waals surface area contributed by atoms with E-state index in [1.54, 1.807) is 0 Å². The first-order valence-corrected chi connectivity index (χ1v) is 19.4. The minimum Gasteiger partial charge on any atom is -0.458 e. The van der Waals surface area contributed by atoms with E-state index in [0.717, 1.165) is 72.8 Å². The van der Waals surface area contributed by atoms with Crippen LogP contribution < -0.4 is 0 Å². The zero-order valence-electron chi connectivity index (χ0n) is 30.7. The molecule has 4 heterocycles. The van der Waals surface area contributed by atoms with E-state index in [9.17, 15) is 0 Å². The lowest BCUT2D eigenvalue weighted by molar-refractivity contribution is 0.461. The van der Waals surface area contributed by atoms with Gasteiger partial charge in [0, 0.05) is 54.7 Å². The third-order valence-electron chi connectivity index (χ3n) is 11.5. The normalized spacial score (nSPS) is 14.0. The molecule has 11 aromatic rings. The van der Waals surface area contributed by atoms with Gasteiger partial charge in [0.05, 0.1) is 17.1 Å². The first kappa shape index (κ1) is 31.7. The van der Waals surface area contributed by atoms with Crippen LogP contribution in [0.25, 0.3) is 101 Å². The van der Waals surface area contributed by atoms with Crippen LogP contribution in [0.5, 0.6) is 0 Å². The number of rotatable bonds is 5. The van der Waals surface area contributed by atoms with E-state index in [2.05, 4.69) is 185 Å². The number of allylic oxidation sites excluding steroid dienone is 1. The summed E-state index contributed by atoms with van der Waals surface area (Å²) >= 11 is 0. The molecule has 0 N–H and O–H groups in total. The van der Waals surface area contributed by atoms with Crippen molar-refractivity contribution in [1.82, 2.24) is 24.1 Å². The maximum atomic E-state index is 6.81. The highest BCUT2D eigenvalue weighted by atomic mass is 16.3. The molecular weight excluding hydrogens is 699 g/mol. The van der Waals surface area contributed by atoms with Crippen LogP contribution in [0, 0.1) is 0 Å². The third-order valence-corrected chi connectivity index (χ3v) is 11.5. The van der Waals surface area contributed by atoms with Crippen LogP contribution in [0.4, 0.5) is 0 Å². The summed E-state index contributed by atoms with van der Waals surface area (Å²) in [6.45, 7) is 0. The smallest absolute Gasteiger partial charge is 0.238 e. The second-order valence-corrected chi connectivity index (χ2v) is 14.7. The van der Waals surface area contributed by atoms with Crippen molar-refractivity contribution in [1.29, 1.82) is 0 Å². The lowest BCUT2D eigenvalue weighted by Crippen LogP contribution is -2.12. The zero-order chi connectivity index (χ0) is 37.5. The Morgan fingerprint density at radius 2 is 0.965 bits per heavy atom. The fraction of sp³-hybridized carbons (Fsp3) is 0.0392. The van der Waals surface area contributed by atoms with Gasteiger partial charge in [-0.05, 0) is 60.0 Å². The second kappa shape index (κ2) is 12.5. The Kier molecular flexibility index (Phi) is 6.95. The van der Waals surface area contributed by atoms with E-state index < -0.39 is 0 Å². The zero-order valence-corrected chi connectivity index (χ0v) is 30.7. The van der Waals surface area contributed by atoms with Gasteiger partial charge in [0.15, 0.2) is 11.6 Å². The summed E-state index contributed by atoms with van der Waals surface area (Å²) in [5, 5.41) is 5.85. The van der Waals surface area contributed by atoms with Crippen molar-refractivity contribution in [2.24, 2.45) is 0 Å². The lowest BCUT2D eigenvalue weighted by atomic mass is 9.97. The van der Waals surface area contributed by atoms with E-state index >= 15 is 0 Å². The van der Waals surface area contributed by atoms with Crippen LogP contribution >= 0.6 is 0 Å². The SMILES string of the molecule is C1=Cc2c(oc3ccc(-c4nc(-c5ccc(-c6ccccc6)cc5)nc(-n5c6ccccc6c6ccccc65)n4)cc23)C(n2c3ccccc3c3ccccc32)C1. The monoisotopic (exact) mass is 731 g/mol. The first-order chi connectivity index (χ1) is 28.3. The fourth-order valence-electron chi connectivity index (χ4n) is 8.93. The number of benzene rings is 7. The van der Waals surface area contributed by atoms with Gasteiger partial charge in [-0.1, -0.05) is 140 Å².